The maximum absolute atomic E-state index is 13.5. The second-order valence-electron chi connectivity index (χ2n) is 8.06. The predicted molar refractivity (Wildman–Crippen MR) is 132 cm³/mol. The van der Waals surface area contributed by atoms with E-state index in [0.29, 0.717) is 6.42 Å². The van der Waals surface area contributed by atoms with Crippen molar-refractivity contribution < 1.29 is 4.79 Å². The molecule has 5 nitrogen and oxygen atoms in total. The minimum Gasteiger partial charge on any atom is -0.324 e. The number of amides is 1. The maximum Gasteiger partial charge on any atom is 0.247 e. The lowest BCUT2D eigenvalue weighted by molar-refractivity contribution is -0.119. The van der Waals surface area contributed by atoms with Gasteiger partial charge in [-0.1, -0.05) is 66.7 Å². The number of carbonyl (C=O) groups is 1. The number of benzene rings is 2. The Labute approximate surface area is 193 Å². The van der Waals surface area contributed by atoms with E-state index in [2.05, 4.69) is 41.5 Å². The van der Waals surface area contributed by atoms with E-state index in [-0.39, 0.29) is 5.91 Å². The first-order chi connectivity index (χ1) is 15.5. The smallest absolute Gasteiger partial charge is 0.247 e. The number of hydrogen-bond donors (Lipinski definition) is 1. The minimum absolute atomic E-state index is 0.0490. The van der Waals surface area contributed by atoms with Crippen LogP contribution in [0, 0.1) is 20.8 Å². The van der Waals surface area contributed by atoms with Gasteiger partial charge in [0.05, 0.1) is 0 Å². The Kier molecular flexibility index (Phi) is 6.61. The number of nitrogens with zero attached hydrogens (tertiary/aromatic N) is 3. The molecular weight excluding hydrogens is 416 g/mol. The molecule has 0 unspecified atom stereocenters. The van der Waals surface area contributed by atoms with E-state index in [1.54, 1.807) is 18.0 Å². The van der Waals surface area contributed by atoms with Gasteiger partial charge in [0.25, 0.3) is 0 Å². The van der Waals surface area contributed by atoms with Gasteiger partial charge >= 0.3 is 0 Å². The van der Waals surface area contributed by atoms with E-state index < -0.39 is 6.04 Å². The molecule has 32 heavy (non-hydrogen) atoms. The average molecular weight is 445 g/mol. The zero-order chi connectivity index (χ0) is 22.7. The van der Waals surface area contributed by atoms with Gasteiger partial charge in [-0.2, -0.15) is 0 Å². The van der Waals surface area contributed by atoms with Crippen LogP contribution in [0.25, 0.3) is 11.2 Å². The second-order valence-corrected chi connectivity index (χ2v) is 9.01. The first kappa shape index (κ1) is 22.1. The van der Waals surface area contributed by atoms with Crippen LogP contribution in [-0.2, 0) is 10.5 Å². The molecule has 0 saturated heterocycles. The highest BCUT2D eigenvalue weighted by Crippen LogP contribution is 2.31. The Balaban J connectivity index is 1.68. The molecule has 0 spiro atoms. The van der Waals surface area contributed by atoms with Crippen molar-refractivity contribution in [3.05, 3.63) is 83.0 Å². The zero-order valence-electron chi connectivity index (χ0n) is 18.9. The van der Waals surface area contributed by atoms with Crippen molar-refractivity contribution in [1.82, 2.24) is 14.5 Å². The number of pyridine rings is 1. The van der Waals surface area contributed by atoms with Crippen LogP contribution in [0.5, 0.6) is 0 Å². The Morgan fingerprint density at radius 3 is 2.44 bits per heavy atom. The van der Waals surface area contributed by atoms with Crippen LogP contribution in [0.1, 0.15) is 41.6 Å². The van der Waals surface area contributed by atoms with Crippen LogP contribution in [0.3, 0.4) is 0 Å². The van der Waals surface area contributed by atoms with Gasteiger partial charge in [0.2, 0.25) is 5.91 Å². The summed E-state index contributed by atoms with van der Waals surface area (Å²) in [5, 5.41) is 3.97. The van der Waals surface area contributed by atoms with Gasteiger partial charge < -0.3 is 5.32 Å². The maximum atomic E-state index is 13.5. The monoisotopic (exact) mass is 444 g/mol. The van der Waals surface area contributed by atoms with Crippen molar-refractivity contribution in [3.63, 3.8) is 0 Å². The Bertz CT molecular complexity index is 1230. The molecule has 1 atom stereocenters. The van der Waals surface area contributed by atoms with E-state index in [1.165, 1.54) is 11.1 Å². The lowest BCUT2D eigenvalue weighted by Gasteiger charge is -2.21. The first-order valence-corrected chi connectivity index (χ1v) is 11.8. The summed E-state index contributed by atoms with van der Waals surface area (Å²) >= 11 is 1.64. The van der Waals surface area contributed by atoms with Crippen LogP contribution in [0.2, 0.25) is 0 Å². The van der Waals surface area contributed by atoms with Crippen molar-refractivity contribution in [3.8, 4) is 0 Å². The highest BCUT2D eigenvalue weighted by Gasteiger charge is 2.26. The minimum atomic E-state index is -0.408. The number of imidazole rings is 1. The number of thioether (sulfide) groups is 1. The van der Waals surface area contributed by atoms with E-state index in [4.69, 9.17) is 4.98 Å². The third kappa shape index (κ3) is 4.55. The summed E-state index contributed by atoms with van der Waals surface area (Å²) in [5.41, 5.74) is 6.98. The third-order valence-corrected chi connectivity index (χ3v) is 6.66. The van der Waals surface area contributed by atoms with Gasteiger partial charge in [0, 0.05) is 17.6 Å². The highest BCUT2D eigenvalue weighted by molar-refractivity contribution is 7.98. The number of nitrogens with one attached hydrogen (secondary N) is 1. The fourth-order valence-electron chi connectivity index (χ4n) is 3.83. The number of rotatable bonds is 7. The number of anilines is 1. The van der Waals surface area contributed by atoms with Gasteiger partial charge in [-0.25, -0.2) is 9.97 Å². The molecule has 4 aromatic rings. The summed E-state index contributed by atoms with van der Waals surface area (Å²) in [5.74, 6) is 0.727. The van der Waals surface area contributed by atoms with E-state index >= 15 is 0 Å². The quantitative estimate of drug-likeness (QED) is 0.343. The molecule has 2 heterocycles. The summed E-state index contributed by atoms with van der Waals surface area (Å²) in [4.78, 5) is 22.8. The van der Waals surface area contributed by atoms with Crippen molar-refractivity contribution in [1.29, 1.82) is 0 Å². The lowest BCUT2D eigenvalue weighted by atomic mass is 10.1. The normalized spacial score (nSPS) is 12.1. The van der Waals surface area contributed by atoms with Gasteiger partial charge in [-0.15, -0.1) is 0 Å². The number of hydrogen-bond acceptors (Lipinski definition) is 4. The number of carbonyl (C=O) groups excluding carboxylic acids is 1. The summed E-state index contributed by atoms with van der Waals surface area (Å²) in [6.45, 7) is 8.14. The van der Waals surface area contributed by atoms with Gasteiger partial charge in [0.15, 0.2) is 10.8 Å². The van der Waals surface area contributed by atoms with Crippen molar-refractivity contribution >= 4 is 34.5 Å². The van der Waals surface area contributed by atoms with Crippen molar-refractivity contribution in [2.24, 2.45) is 0 Å². The standard InChI is InChI=1S/C26H28N4OS/c1-5-22(25(31)29-23-18(3)8-6-9-19(23)4)30-24-21(10-7-15-27-24)28-26(30)32-16-20-13-11-17(2)12-14-20/h6-15,22H,5,16H2,1-4H3,(H,29,31)/t22-/m0/s1. The molecular formula is C26H28N4OS. The molecule has 0 radical (unpaired) electrons. The molecule has 0 aliphatic carbocycles. The summed E-state index contributed by atoms with van der Waals surface area (Å²) in [7, 11) is 0. The first-order valence-electron chi connectivity index (χ1n) is 10.9. The molecule has 4 rings (SSSR count). The SMILES string of the molecule is CC[C@@H](C(=O)Nc1c(C)cccc1C)n1c(SCc2ccc(C)cc2)nc2cccnc21. The van der Waals surface area contributed by atoms with E-state index in [1.807, 2.05) is 55.7 Å². The molecule has 2 aromatic carbocycles. The summed E-state index contributed by atoms with van der Waals surface area (Å²) < 4.78 is 2.00. The summed E-state index contributed by atoms with van der Waals surface area (Å²) in [6, 6.07) is 18.0. The third-order valence-electron chi connectivity index (χ3n) is 5.64. The molecule has 0 saturated carbocycles. The van der Waals surface area contributed by atoms with Crippen LogP contribution < -0.4 is 5.32 Å². The van der Waals surface area contributed by atoms with Crippen LogP contribution in [0.15, 0.2) is 66.0 Å². The zero-order valence-corrected chi connectivity index (χ0v) is 19.7. The fraction of sp³-hybridized carbons (Fsp3) is 0.269. The van der Waals surface area contributed by atoms with E-state index in [0.717, 1.165) is 38.9 Å². The number of aromatic nitrogens is 3. The van der Waals surface area contributed by atoms with Gasteiger partial charge in [0.1, 0.15) is 11.6 Å². The molecule has 0 aliphatic rings. The molecule has 1 amide bonds. The molecule has 0 fully saturated rings. The Morgan fingerprint density at radius 1 is 1.03 bits per heavy atom. The van der Waals surface area contributed by atoms with Crippen molar-refractivity contribution in [2.75, 3.05) is 5.32 Å². The van der Waals surface area contributed by atoms with Crippen LogP contribution in [0.4, 0.5) is 5.69 Å². The lowest BCUT2D eigenvalue weighted by Crippen LogP contribution is -2.27. The average Bonchev–Trinajstić information content (AvgIpc) is 3.15. The Hall–Kier alpha value is -3.12. The van der Waals surface area contributed by atoms with Gasteiger partial charge in [-0.05, 0) is 56.0 Å². The number of para-hydroxylation sites is 1. The molecule has 0 aliphatic heterocycles. The topological polar surface area (TPSA) is 59.8 Å². The largest absolute Gasteiger partial charge is 0.324 e. The second kappa shape index (κ2) is 9.57. The Morgan fingerprint density at radius 2 is 1.75 bits per heavy atom. The van der Waals surface area contributed by atoms with Crippen LogP contribution in [-0.4, -0.2) is 20.4 Å². The molecule has 1 N–H and O–H groups in total. The fourth-order valence-corrected chi connectivity index (χ4v) is 4.83. The number of aryl methyl sites for hydroxylation is 3. The highest BCUT2D eigenvalue weighted by atomic mass is 32.2. The number of fused-ring (bicyclic) bond motifs is 1. The van der Waals surface area contributed by atoms with Gasteiger partial charge in [-0.3, -0.25) is 9.36 Å². The summed E-state index contributed by atoms with van der Waals surface area (Å²) in [6.07, 6.45) is 2.39. The van der Waals surface area contributed by atoms with Crippen LogP contribution >= 0.6 is 11.8 Å². The molecule has 2 aromatic heterocycles. The van der Waals surface area contributed by atoms with Crippen molar-refractivity contribution in [2.45, 2.75) is 51.1 Å². The molecule has 6 heteroatoms. The van der Waals surface area contributed by atoms with E-state index in [9.17, 15) is 4.79 Å². The molecule has 164 valence electrons. The molecule has 0 bridgehead atoms. The predicted octanol–water partition coefficient (Wildman–Crippen LogP) is 6.24.